The molecule has 6 heteroatoms. The Kier molecular flexibility index (Phi) is 4.90. The molecule has 1 saturated heterocycles. The number of carboxylic acid groups (broad SMARTS) is 1. The smallest absolute Gasteiger partial charge is 0.348 e. The molecule has 0 unspecified atom stereocenters. The number of likely N-dealkylation sites (tertiary alicyclic amines) is 1. The summed E-state index contributed by atoms with van der Waals surface area (Å²) in [6.07, 6.45) is 0.481. The molecule has 1 heterocycles. The highest BCUT2D eigenvalue weighted by atomic mass is 16.5. The average molecular weight is 343 g/mol. The summed E-state index contributed by atoms with van der Waals surface area (Å²) in [6, 6.07) is 13.4. The zero-order valence-corrected chi connectivity index (χ0v) is 14.1. The second kappa shape index (κ2) is 7.11. The highest BCUT2D eigenvalue weighted by molar-refractivity contribution is 5.84. The minimum Gasteiger partial charge on any atom is -0.478 e. The van der Waals surface area contributed by atoms with Crippen LogP contribution in [0.3, 0.4) is 0 Å². The lowest BCUT2D eigenvalue weighted by Gasteiger charge is -2.38. The van der Waals surface area contributed by atoms with Gasteiger partial charge in [-0.2, -0.15) is 0 Å². The molecule has 1 aliphatic rings. The number of piperidine rings is 1. The molecule has 1 fully saturated rings. The number of carboxylic acids is 1. The Morgan fingerprint density at radius 2 is 1.80 bits per heavy atom. The summed E-state index contributed by atoms with van der Waals surface area (Å²) in [5, 5.41) is 11.8. The Balaban J connectivity index is 1.77. The van der Waals surface area contributed by atoms with Crippen molar-refractivity contribution in [1.29, 1.82) is 0 Å². The first-order valence-electron chi connectivity index (χ1n) is 8.22. The van der Waals surface area contributed by atoms with E-state index in [0.29, 0.717) is 18.8 Å². The molecule has 1 amide bonds. The Labute approximate surface area is 145 Å². The molecular weight excluding hydrogens is 322 g/mol. The number of rotatable bonds is 5. The van der Waals surface area contributed by atoms with Gasteiger partial charge >= 0.3 is 5.97 Å². The summed E-state index contributed by atoms with van der Waals surface area (Å²) in [5.74, 6) is -0.607. The number of hydrogen-bond donors (Lipinski definition) is 1. The molecule has 132 valence electrons. The predicted molar refractivity (Wildman–Crippen MR) is 92.6 cm³/mol. The maximum Gasteiger partial charge on any atom is 0.348 e. The van der Waals surface area contributed by atoms with E-state index in [0.717, 1.165) is 10.8 Å². The number of hydrogen-bond acceptors (Lipinski definition) is 4. The summed E-state index contributed by atoms with van der Waals surface area (Å²) in [7, 11) is 1.46. The molecule has 0 aliphatic carbocycles. The molecule has 0 spiro atoms. The van der Waals surface area contributed by atoms with Gasteiger partial charge in [0.2, 0.25) is 11.5 Å². The fourth-order valence-corrected chi connectivity index (χ4v) is 3.15. The van der Waals surface area contributed by atoms with Crippen LogP contribution in [0.1, 0.15) is 12.8 Å². The van der Waals surface area contributed by atoms with Gasteiger partial charge in [-0.3, -0.25) is 4.79 Å². The van der Waals surface area contributed by atoms with E-state index in [1.807, 2.05) is 36.4 Å². The van der Waals surface area contributed by atoms with Crippen molar-refractivity contribution in [2.75, 3.05) is 26.8 Å². The van der Waals surface area contributed by atoms with Crippen molar-refractivity contribution in [3.05, 3.63) is 42.5 Å². The van der Waals surface area contributed by atoms with E-state index in [1.165, 1.54) is 7.11 Å². The number of fused-ring (bicyclic) bond motifs is 1. The van der Waals surface area contributed by atoms with Crippen LogP contribution >= 0.6 is 0 Å². The first kappa shape index (κ1) is 17.2. The number of ether oxygens (including phenoxy) is 2. The van der Waals surface area contributed by atoms with Crippen LogP contribution < -0.4 is 4.74 Å². The molecule has 2 aromatic rings. The van der Waals surface area contributed by atoms with Crippen LogP contribution in [0, 0.1) is 0 Å². The quantitative estimate of drug-likeness (QED) is 0.902. The molecule has 25 heavy (non-hydrogen) atoms. The lowest BCUT2D eigenvalue weighted by atomic mass is 9.91. The van der Waals surface area contributed by atoms with E-state index in [1.54, 1.807) is 11.0 Å². The van der Waals surface area contributed by atoms with Gasteiger partial charge in [-0.1, -0.05) is 30.3 Å². The number of amides is 1. The minimum atomic E-state index is -1.31. The number of carbonyl (C=O) groups is 2. The van der Waals surface area contributed by atoms with E-state index in [-0.39, 0.29) is 25.4 Å². The minimum absolute atomic E-state index is 0.00556. The van der Waals surface area contributed by atoms with Gasteiger partial charge in [0.05, 0.1) is 0 Å². The van der Waals surface area contributed by atoms with Crippen molar-refractivity contribution in [2.24, 2.45) is 0 Å². The normalized spacial score (nSPS) is 16.6. The van der Waals surface area contributed by atoms with Gasteiger partial charge < -0.3 is 19.5 Å². The Hall–Kier alpha value is -2.60. The van der Waals surface area contributed by atoms with E-state index < -0.39 is 11.6 Å². The van der Waals surface area contributed by atoms with Crippen LogP contribution in [0.15, 0.2) is 42.5 Å². The molecule has 1 N–H and O–H groups in total. The second-order valence-corrected chi connectivity index (χ2v) is 6.22. The van der Waals surface area contributed by atoms with E-state index in [2.05, 4.69) is 0 Å². The van der Waals surface area contributed by atoms with Crippen LogP contribution in [-0.2, 0) is 14.3 Å². The first-order chi connectivity index (χ1) is 12.0. The van der Waals surface area contributed by atoms with Crippen molar-refractivity contribution in [3.63, 3.8) is 0 Å². The van der Waals surface area contributed by atoms with Crippen LogP contribution in [-0.4, -0.2) is 54.3 Å². The molecule has 6 nitrogen and oxygen atoms in total. The van der Waals surface area contributed by atoms with E-state index in [4.69, 9.17) is 9.47 Å². The monoisotopic (exact) mass is 343 g/mol. The molecule has 0 aromatic heterocycles. The Morgan fingerprint density at radius 3 is 2.44 bits per heavy atom. The summed E-state index contributed by atoms with van der Waals surface area (Å²) in [4.78, 5) is 25.4. The lowest BCUT2D eigenvalue weighted by Crippen LogP contribution is -2.54. The Morgan fingerprint density at radius 1 is 1.12 bits per heavy atom. The van der Waals surface area contributed by atoms with Gasteiger partial charge in [0.1, 0.15) is 12.4 Å². The van der Waals surface area contributed by atoms with Gasteiger partial charge in [0.15, 0.2) is 0 Å². The number of carbonyl (C=O) groups excluding carboxylic acids is 1. The molecule has 2 aromatic carbocycles. The SMILES string of the molecule is COCC(=O)N1CCC(Oc2ccc3ccccc3c2)(C(=O)O)CC1. The molecule has 0 bridgehead atoms. The summed E-state index contributed by atoms with van der Waals surface area (Å²) >= 11 is 0. The van der Waals surface area contributed by atoms with Crippen molar-refractivity contribution in [1.82, 2.24) is 4.90 Å². The first-order valence-corrected chi connectivity index (χ1v) is 8.22. The Bertz CT molecular complexity index is 780. The molecular formula is C19H21NO5. The molecule has 1 aliphatic heterocycles. The average Bonchev–Trinajstić information content (AvgIpc) is 2.62. The third-order valence-corrected chi connectivity index (χ3v) is 4.62. The highest BCUT2D eigenvalue weighted by Crippen LogP contribution is 2.31. The third kappa shape index (κ3) is 3.58. The van der Waals surface area contributed by atoms with Crippen LogP contribution in [0.5, 0.6) is 5.75 Å². The predicted octanol–water partition coefficient (Wildman–Crippen LogP) is 2.31. The summed E-state index contributed by atoms with van der Waals surface area (Å²) in [6.45, 7) is 0.676. The van der Waals surface area contributed by atoms with Gasteiger partial charge in [0.25, 0.3) is 0 Å². The fraction of sp³-hybridized carbons (Fsp3) is 0.368. The second-order valence-electron chi connectivity index (χ2n) is 6.22. The topological polar surface area (TPSA) is 76.1 Å². The third-order valence-electron chi connectivity index (χ3n) is 4.62. The van der Waals surface area contributed by atoms with Gasteiger partial charge in [-0.25, -0.2) is 4.79 Å². The molecule has 0 saturated carbocycles. The zero-order valence-electron chi connectivity index (χ0n) is 14.1. The lowest BCUT2D eigenvalue weighted by molar-refractivity contribution is -0.162. The van der Waals surface area contributed by atoms with Crippen LogP contribution in [0.25, 0.3) is 10.8 Å². The highest BCUT2D eigenvalue weighted by Gasteiger charge is 2.44. The summed E-state index contributed by atoms with van der Waals surface area (Å²) < 4.78 is 10.8. The van der Waals surface area contributed by atoms with Crippen LogP contribution in [0.4, 0.5) is 0 Å². The number of nitrogens with zero attached hydrogens (tertiary/aromatic N) is 1. The molecule has 3 rings (SSSR count). The maximum absolute atomic E-state index is 11.9. The molecule has 0 radical (unpaired) electrons. The number of aliphatic carboxylic acids is 1. The van der Waals surface area contributed by atoms with Crippen molar-refractivity contribution < 1.29 is 24.2 Å². The zero-order chi connectivity index (χ0) is 17.9. The number of methoxy groups -OCH3 is 1. The summed E-state index contributed by atoms with van der Waals surface area (Å²) in [5.41, 5.74) is -1.31. The van der Waals surface area contributed by atoms with Crippen molar-refractivity contribution in [2.45, 2.75) is 18.4 Å². The maximum atomic E-state index is 11.9. The molecule has 0 atom stereocenters. The van der Waals surface area contributed by atoms with E-state index in [9.17, 15) is 14.7 Å². The largest absolute Gasteiger partial charge is 0.478 e. The van der Waals surface area contributed by atoms with Gasteiger partial charge in [0, 0.05) is 33.0 Å². The fourth-order valence-electron chi connectivity index (χ4n) is 3.15. The van der Waals surface area contributed by atoms with Gasteiger partial charge in [-0.05, 0) is 22.9 Å². The number of benzene rings is 2. The standard InChI is InChI=1S/C19H21NO5/c1-24-13-17(21)20-10-8-19(9-11-20,18(22)23)25-16-7-6-14-4-2-3-5-15(14)12-16/h2-7,12H,8-11,13H2,1H3,(H,22,23). The van der Waals surface area contributed by atoms with Crippen molar-refractivity contribution >= 4 is 22.6 Å². The van der Waals surface area contributed by atoms with Crippen molar-refractivity contribution in [3.8, 4) is 5.75 Å². The van der Waals surface area contributed by atoms with E-state index >= 15 is 0 Å². The van der Waals surface area contributed by atoms with Gasteiger partial charge in [-0.15, -0.1) is 0 Å². The van der Waals surface area contributed by atoms with Crippen LogP contribution in [0.2, 0.25) is 0 Å².